The van der Waals surface area contributed by atoms with E-state index >= 15 is 0 Å². The zero-order valence-electron chi connectivity index (χ0n) is 21.8. The molecule has 1 aliphatic heterocycles. The monoisotopic (exact) mass is 560 g/mol. The third-order valence-electron chi connectivity index (χ3n) is 6.14. The minimum atomic E-state index is -0.778. The molecular weight excluding hydrogens is 531 g/mol. The standard InChI is InChI=1S/C27H30ClFN4O6/c1-27(2)37-16-20(38-27)12-19(33(3)25(34)30-14-18-10-7-11-21(29)24(18)28)15-36-26(35)31-23-13-22(32-39-23)17-8-5-4-6-9-17/h4-11,13,19-20H,12,14-16H2,1-3H3,(H,30,34)(H,31,35). The van der Waals surface area contributed by atoms with Crippen molar-refractivity contribution in [3.63, 3.8) is 0 Å². The second-order valence-corrected chi connectivity index (χ2v) is 9.87. The third-order valence-corrected chi connectivity index (χ3v) is 6.57. The van der Waals surface area contributed by atoms with Gasteiger partial charge in [-0.3, -0.25) is 5.32 Å². The summed E-state index contributed by atoms with van der Waals surface area (Å²) >= 11 is 6.00. The molecule has 3 amide bonds. The molecule has 2 heterocycles. The summed E-state index contributed by atoms with van der Waals surface area (Å²) in [6.07, 6.45) is -0.769. The first kappa shape index (κ1) is 28.3. The Hall–Kier alpha value is -3.67. The van der Waals surface area contributed by atoms with Gasteiger partial charge in [-0.05, 0) is 31.9 Å². The van der Waals surface area contributed by atoms with Crippen molar-refractivity contribution in [1.29, 1.82) is 0 Å². The van der Waals surface area contributed by atoms with E-state index in [0.717, 1.165) is 5.56 Å². The largest absolute Gasteiger partial charge is 0.447 e. The van der Waals surface area contributed by atoms with Gasteiger partial charge in [0.15, 0.2) is 5.79 Å². The first-order valence-corrected chi connectivity index (χ1v) is 12.7. The number of ether oxygens (including phenoxy) is 3. The highest BCUT2D eigenvalue weighted by atomic mass is 35.5. The predicted octanol–water partition coefficient (Wildman–Crippen LogP) is 5.43. The number of rotatable bonds is 9. The van der Waals surface area contributed by atoms with Crippen LogP contribution in [-0.4, -0.2) is 60.4 Å². The molecule has 2 N–H and O–H groups in total. The molecule has 3 aromatic rings. The Bertz CT molecular complexity index is 1290. The SMILES string of the molecule is CN(C(=O)NCc1cccc(F)c1Cl)C(COC(=O)Nc1cc(-c2ccccc2)no1)CC1COC(C)(C)O1. The second-order valence-electron chi connectivity index (χ2n) is 9.49. The highest BCUT2D eigenvalue weighted by Crippen LogP contribution is 2.26. The molecule has 12 heteroatoms. The highest BCUT2D eigenvalue weighted by Gasteiger charge is 2.36. The summed E-state index contributed by atoms with van der Waals surface area (Å²) in [4.78, 5) is 26.9. The number of hydrogen-bond acceptors (Lipinski definition) is 7. The molecule has 0 saturated carbocycles. The van der Waals surface area contributed by atoms with E-state index in [1.165, 1.54) is 17.0 Å². The van der Waals surface area contributed by atoms with Crippen molar-refractivity contribution < 1.29 is 32.7 Å². The lowest BCUT2D eigenvalue weighted by molar-refractivity contribution is -0.140. The minimum Gasteiger partial charge on any atom is -0.447 e. The molecule has 1 aromatic heterocycles. The Labute approximate surface area is 230 Å². The number of hydrogen-bond donors (Lipinski definition) is 2. The lowest BCUT2D eigenvalue weighted by Gasteiger charge is -2.30. The smallest absolute Gasteiger partial charge is 0.414 e. The zero-order chi connectivity index (χ0) is 28.0. The van der Waals surface area contributed by atoms with E-state index in [0.29, 0.717) is 24.3 Å². The Morgan fingerprint density at radius 3 is 2.72 bits per heavy atom. The fraction of sp³-hybridized carbons (Fsp3) is 0.370. The molecule has 2 aromatic carbocycles. The summed E-state index contributed by atoms with van der Waals surface area (Å²) in [7, 11) is 1.57. The van der Waals surface area contributed by atoms with Crippen LogP contribution in [0.1, 0.15) is 25.8 Å². The van der Waals surface area contributed by atoms with Crippen LogP contribution in [0.2, 0.25) is 5.02 Å². The van der Waals surface area contributed by atoms with Gasteiger partial charge in [-0.25, -0.2) is 14.0 Å². The van der Waals surface area contributed by atoms with Crippen LogP contribution in [0.15, 0.2) is 59.1 Å². The number of amides is 3. The van der Waals surface area contributed by atoms with E-state index in [1.54, 1.807) is 33.0 Å². The second kappa shape index (κ2) is 12.5. The van der Waals surface area contributed by atoms with E-state index < -0.39 is 29.8 Å². The normalized spacial score (nSPS) is 16.9. The molecule has 0 bridgehead atoms. The Kier molecular flexibility index (Phi) is 9.05. The van der Waals surface area contributed by atoms with Crippen molar-refractivity contribution in [1.82, 2.24) is 15.4 Å². The lowest BCUT2D eigenvalue weighted by atomic mass is 10.1. The molecule has 4 rings (SSSR count). The van der Waals surface area contributed by atoms with E-state index in [1.807, 2.05) is 30.3 Å². The predicted molar refractivity (Wildman–Crippen MR) is 142 cm³/mol. The Morgan fingerprint density at radius 1 is 1.23 bits per heavy atom. The number of carbonyl (C=O) groups is 2. The number of likely N-dealkylation sites (N-methyl/N-ethyl adjacent to an activating group) is 1. The third kappa shape index (κ3) is 7.69. The summed E-state index contributed by atoms with van der Waals surface area (Å²) in [5, 5.41) is 9.12. The van der Waals surface area contributed by atoms with Gasteiger partial charge in [0.2, 0.25) is 5.88 Å². The lowest BCUT2D eigenvalue weighted by Crippen LogP contribution is -2.47. The number of urea groups is 1. The highest BCUT2D eigenvalue weighted by molar-refractivity contribution is 6.31. The average molecular weight is 561 g/mol. The van der Waals surface area contributed by atoms with Gasteiger partial charge < -0.3 is 29.0 Å². The summed E-state index contributed by atoms with van der Waals surface area (Å²) in [5.74, 6) is -1.22. The zero-order valence-corrected chi connectivity index (χ0v) is 22.5. The summed E-state index contributed by atoms with van der Waals surface area (Å²) in [6.45, 7) is 3.79. The van der Waals surface area contributed by atoms with Crippen LogP contribution in [0.5, 0.6) is 0 Å². The summed E-state index contributed by atoms with van der Waals surface area (Å²) < 4.78 is 35.9. The molecule has 1 fully saturated rings. The number of halogens is 2. The van der Waals surface area contributed by atoms with Crippen LogP contribution >= 0.6 is 11.6 Å². The van der Waals surface area contributed by atoms with E-state index in [-0.39, 0.29) is 30.2 Å². The first-order chi connectivity index (χ1) is 18.6. The molecule has 0 aliphatic carbocycles. The molecule has 1 aliphatic rings. The van der Waals surface area contributed by atoms with Crippen molar-refractivity contribution >= 4 is 29.6 Å². The average Bonchev–Trinajstić information content (AvgIpc) is 3.52. The Morgan fingerprint density at radius 2 is 2.00 bits per heavy atom. The van der Waals surface area contributed by atoms with Crippen LogP contribution in [0.3, 0.4) is 0 Å². The van der Waals surface area contributed by atoms with Crippen LogP contribution in [-0.2, 0) is 20.8 Å². The topological polar surface area (TPSA) is 115 Å². The maximum atomic E-state index is 13.8. The van der Waals surface area contributed by atoms with Crippen molar-refractivity contribution in [3.05, 3.63) is 71.0 Å². The molecule has 39 heavy (non-hydrogen) atoms. The molecule has 10 nitrogen and oxygen atoms in total. The number of nitrogens with one attached hydrogen (secondary N) is 2. The number of carbonyl (C=O) groups excluding carboxylic acids is 2. The summed E-state index contributed by atoms with van der Waals surface area (Å²) in [6, 6.07) is 14.3. The van der Waals surface area contributed by atoms with E-state index in [4.69, 9.17) is 30.3 Å². The van der Waals surface area contributed by atoms with Gasteiger partial charge in [0.1, 0.15) is 18.1 Å². The maximum Gasteiger partial charge on any atom is 0.414 e. The van der Waals surface area contributed by atoms with Crippen molar-refractivity contribution in [2.45, 2.75) is 44.7 Å². The van der Waals surface area contributed by atoms with Gasteiger partial charge in [-0.15, -0.1) is 0 Å². The van der Waals surface area contributed by atoms with Crippen molar-refractivity contribution in [2.24, 2.45) is 0 Å². The number of anilines is 1. The molecule has 1 saturated heterocycles. The van der Waals surface area contributed by atoms with Crippen LogP contribution in [0, 0.1) is 5.82 Å². The van der Waals surface area contributed by atoms with E-state index in [9.17, 15) is 14.0 Å². The van der Waals surface area contributed by atoms with Gasteiger partial charge in [-0.1, -0.05) is 59.2 Å². The van der Waals surface area contributed by atoms with Crippen molar-refractivity contribution in [3.8, 4) is 11.3 Å². The fourth-order valence-electron chi connectivity index (χ4n) is 4.05. The number of benzene rings is 2. The molecule has 2 atom stereocenters. The van der Waals surface area contributed by atoms with Gasteiger partial charge in [0.25, 0.3) is 0 Å². The van der Waals surface area contributed by atoms with Gasteiger partial charge in [0.05, 0.1) is 23.8 Å². The molecule has 0 radical (unpaired) electrons. The quantitative estimate of drug-likeness (QED) is 0.358. The molecule has 208 valence electrons. The maximum absolute atomic E-state index is 13.8. The van der Waals surface area contributed by atoms with Gasteiger partial charge >= 0.3 is 12.1 Å². The summed E-state index contributed by atoms with van der Waals surface area (Å²) in [5.41, 5.74) is 1.82. The Balaban J connectivity index is 1.36. The fourth-order valence-corrected chi connectivity index (χ4v) is 4.25. The number of nitrogens with zero attached hydrogens (tertiary/aromatic N) is 2. The number of aromatic nitrogens is 1. The minimum absolute atomic E-state index is 0.0130. The molecule has 2 unspecified atom stereocenters. The van der Waals surface area contributed by atoms with Crippen LogP contribution < -0.4 is 10.6 Å². The first-order valence-electron chi connectivity index (χ1n) is 12.3. The van der Waals surface area contributed by atoms with Crippen LogP contribution in [0.25, 0.3) is 11.3 Å². The molecule has 0 spiro atoms. The van der Waals surface area contributed by atoms with Gasteiger partial charge in [0, 0.05) is 25.2 Å². The van der Waals surface area contributed by atoms with E-state index in [2.05, 4.69) is 15.8 Å². The van der Waals surface area contributed by atoms with Crippen LogP contribution in [0.4, 0.5) is 19.9 Å². The van der Waals surface area contributed by atoms with Gasteiger partial charge in [-0.2, -0.15) is 0 Å². The van der Waals surface area contributed by atoms with Crippen molar-refractivity contribution in [2.75, 3.05) is 25.6 Å². The molecular formula is C27H30ClFN4O6.